The molecule has 33 heavy (non-hydrogen) atoms. The van der Waals surface area contributed by atoms with Gasteiger partial charge in [0.05, 0.1) is 34.3 Å². The van der Waals surface area contributed by atoms with E-state index < -0.39 is 17.7 Å². The number of halogens is 2. The Balaban J connectivity index is 2.00. The zero-order chi connectivity index (χ0) is 23.9. The first kappa shape index (κ1) is 22.7. The number of carbonyl (C=O) groups excluding carboxylic acids is 2. The molecule has 0 aliphatic carbocycles. The molecule has 0 spiro atoms. The number of hydrogen-bond donors (Lipinski definition) is 2. The fourth-order valence-corrected chi connectivity index (χ4v) is 4.19. The molecule has 1 amide bonds. The molecular formula is C25H19Cl2NO5. The predicted molar refractivity (Wildman–Crippen MR) is 127 cm³/mol. The van der Waals surface area contributed by atoms with Crippen LogP contribution in [0.1, 0.15) is 22.7 Å². The Hall–Kier alpha value is -3.48. The largest absolute Gasteiger partial charge is 0.508 e. The van der Waals surface area contributed by atoms with Crippen LogP contribution in [0.2, 0.25) is 10.0 Å². The van der Waals surface area contributed by atoms with Gasteiger partial charge in [0.2, 0.25) is 0 Å². The first-order valence-corrected chi connectivity index (χ1v) is 10.7. The van der Waals surface area contributed by atoms with E-state index in [1.165, 1.54) is 36.3 Å². The third-order valence-corrected chi connectivity index (χ3v) is 6.16. The van der Waals surface area contributed by atoms with Crippen molar-refractivity contribution in [2.75, 3.05) is 12.0 Å². The van der Waals surface area contributed by atoms with Crippen molar-refractivity contribution in [2.45, 2.75) is 13.0 Å². The van der Waals surface area contributed by atoms with Gasteiger partial charge in [-0.1, -0.05) is 47.0 Å². The van der Waals surface area contributed by atoms with E-state index in [1.54, 1.807) is 36.4 Å². The van der Waals surface area contributed by atoms with E-state index in [0.29, 0.717) is 17.0 Å². The van der Waals surface area contributed by atoms with E-state index in [9.17, 15) is 19.8 Å². The average Bonchev–Trinajstić information content (AvgIpc) is 3.06. The van der Waals surface area contributed by atoms with E-state index in [0.717, 1.165) is 5.56 Å². The first-order chi connectivity index (χ1) is 15.7. The van der Waals surface area contributed by atoms with Gasteiger partial charge in [0.15, 0.2) is 0 Å². The number of methoxy groups -OCH3 is 1. The maximum Gasteiger partial charge on any atom is 0.300 e. The van der Waals surface area contributed by atoms with Crippen LogP contribution in [0.15, 0.2) is 66.2 Å². The molecule has 1 fully saturated rings. The molecule has 1 saturated heterocycles. The van der Waals surface area contributed by atoms with Crippen LogP contribution in [0.4, 0.5) is 5.69 Å². The van der Waals surface area contributed by atoms with Crippen LogP contribution in [0.5, 0.6) is 11.5 Å². The Morgan fingerprint density at radius 3 is 2.42 bits per heavy atom. The number of aliphatic hydroxyl groups excluding tert-OH is 1. The third-order valence-electron chi connectivity index (χ3n) is 5.42. The number of amides is 1. The Kier molecular flexibility index (Phi) is 6.06. The summed E-state index contributed by atoms with van der Waals surface area (Å²) in [5, 5.41) is 21.9. The van der Waals surface area contributed by atoms with Crippen LogP contribution in [0, 0.1) is 6.92 Å². The highest BCUT2D eigenvalue weighted by Gasteiger charge is 2.47. The number of aliphatic hydroxyl groups is 1. The zero-order valence-corrected chi connectivity index (χ0v) is 19.2. The lowest BCUT2D eigenvalue weighted by Crippen LogP contribution is -2.29. The average molecular weight is 484 g/mol. The van der Waals surface area contributed by atoms with Crippen molar-refractivity contribution in [1.29, 1.82) is 0 Å². The SMILES string of the molecule is COc1ccc(C)cc1/C(O)=C1\C(=O)C(=O)N(c2ccc(Cl)c(Cl)c2)C1c1cccc(O)c1. The molecule has 0 radical (unpaired) electrons. The van der Waals surface area contributed by atoms with Crippen molar-refractivity contribution in [3.05, 3.63) is 93.0 Å². The van der Waals surface area contributed by atoms with Crippen molar-refractivity contribution in [3.63, 3.8) is 0 Å². The number of benzene rings is 3. The fourth-order valence-electron chi connectivity index (χ4n) is 3.90. The van der Waals surface area contributed by atoms with E-state index >= 15 is 0 Å². The van der Waals surface area contributed by atoms with Crippen molar-refractivity contribution in [2.24, 2.45) is 0 Å². The quantitative estimate of drug-likeness (QED) is 0.284. The van der Waals surface area contributed by atoms with Crippen LogP contribution in [-0.2, 0) is 9.59 Å². The third kappa shape index (κ3) is 4.03. The second kappa shape index (κ2) is 8.81. The Bertz CT molecular complexity index is 1320. The minimum Gasteiger partial charge on any atom is -0.508 e. The lowest BCUT2D eigenvalue weighted by atomic mass is 9.94. The second-order valence-electron chi connectivity index (χ2n) is 7.57. The van der Waals surface area contributed by atoms with Crippen LogP contribution in [0.3, 0.4) is 0 Å². The lowest BCUT2D eigenvalue weighted by Gasteiger charge is -2.26. The number of carbonyl (C=O) groups is 2. The summed E-state index contributed by atoms with van der Waals surface area (Å²) in [5.41, 5.74) is 1.70. The van der Waals surface area contributed by atoms with Gasteiger partial charge in [0.25, 0.3) is 11.7 Å². The molecule has 1 aliphatic heterocycles. The van der Waals surface area contributed by atoms with Gasteiger partial charge >= 0.3 is 0 Å². The van der Waals surface area contributed by atoms with E-state index in [2.05, 4.69) is 0 Å². The van der Waals surface area contributed by atoms with Crippen LogP contribution in [-0.4, -0.2) is 29.0 Å². The molecule has 0 aromatic heterocycles. The predicted octanol–water partition coefficient (Wildman–Crippen LogP) is 5.64. The number of nitrogens with zero attached hydrogens (tertiary/aromatic N) is 1. The molecule has 1 heterocycles. The van der Waals surface area contributed by atoms with Crippen LogP contribution >= 0.6 is 23.2 Å². The topological polar surface area (TPSA) is 87.1 Å². The summed E-state index contributed by atoms with van der Waals surface area (Å²) in [7, 11) is 1.45. The van der Waals surface area contributed by atoms with Gasteiger partial charge in [-0.3, -0.25) is 14.5 Å². The van der Waals surface area contributed by atoms with Crippen molar-refractivity contribution in [1.82, 2.24) is 0 Å². The first-order valence-electron chi connectivity index (χ1n) is 9.93. The summed E-state index contributed by atoms with van der Waals surface area (Å²) in [6.45, 7) is 1.83. The molecule has 168 valence electrons. The summed E-state index contributed by atoms with van der Waals surface area (Å²) >= 11 is 12.2. The van der Waals surface area contributed by atoms with Crippen molar-refractivity contribution < 1.29 is 24.5 Å². The standard InChI is InChI=1S/C25H19Cl2NO5/c1-13-6-9-20(33-2)17(10-13)23(30)21-22(14-4-3-5-16(29)11-14)28(25(32)24(21)31)15-7-8-18(26)19(27)12-15/h3-12,22,29-30H,1-2H3/b23-21+. The Morgan fingerprint density at radius 2 is 1.76 bits per heavy atom. The van der Waals surface area contributed by atoms with Crippen LogP contribution in [0.25, 0.3) is 5.76 Å². The summed E-state index contributed by atoms with van der Waals surface area (Å²) in [6.07, 6.45) is 0. The maximum atomic E-state index is 13.2. The Morgan fingerprint density at radius 1 is 1.00 bits per heavy atom. The summed E-state index contributed by atoms with van der Waals surface area (Å²) in [6, 6.07) is 14.8. The van der Waals surface area contributed by atoms with Crippen LogP contribution < -0.4 is 9.64 Å². The molecule has 3 aromatic carbocycles. The summed E-state index contributed by atoms with van der Waals surface area (Å²) < 4.78 is 5.37. The van der Waals surface area contributed by atoms with Gasteiger partial charge < -0.3 is 14.9 Å². The van der Waals surface area contributed by atoms with Gasteiger partial charge in [0.1, 0.15) is 17.3 Å². The number of ether oxygens (including phenoxy) is 1. The molecule has 2 N–H and O–H groups in total. The number of aromatic hydroxyl groups is 1. The maximum absolute atomic E-state index is 13.2. The number of phenols is 1. The molecule has 4 rings (SSSR count). The number of anilines is 1. The molecule has 8 heteroatoms. The number of aryl methyl sites for hydroxylation is 1. The smallest absolute Gasteiger partial charge is 0.300 e. The minimum absolute atomic E-state index is 0.0552. The molecular weight excluding hydrogens is 465 g/mol. The summed E-state index contributed by atoms with van der Waals surface area (Å²) in [5.74, 6) is -1.83. The number of ketones is 1. The molecule has 1 aliphatic rings. The van der Waals surface area contributed by atoms with E-state index in [-0.39, 0.29) is 32.7 Å². The van der Waals surface area contributed by atoms with Gasteiger partial charge in [0, 0.05) is 5.69 Å². The lowest BCUT2D eigenvalue weighted by molar-refractivity contribution is -0.132. The monoisotopic (exact) mass is 483 g/mol. The Labute approximate surface area is 200 Å². The number of rotatable bonds is 4. The molecule has 1 atom stereocenters. The number of hydrogen-bond acceptors (Lipinski definition) is 5. The molecule has 1 unspecified atom stereocenters. The highest BCUT2D eigenvalue weighted by molar-refractivity contribution is 6.52. The van der Waals surface area contributed by atoms with Gasteiger partial charge in [-0.2, -0.15) is 0 Å². The van der Waals surface area contributed by atoms with E-state index in [1.807, 2.05) is 6.92 Å². The molecule has 6 nitrogen and oxygen atoms in total. The number of phenolic OH excluding ortho intramolecular Hbond substituents is 1. The van der Waals surface area contributed by atoms with Gasteiger partial charge in [-0.05, 0) is 55.0 Å². The van der Waals surface area contributed by atoms with Gasteiger partial charge in [-0.15, -0.1) is 0 Å². The number of Topliss-reactive ketones (excluding diaryl/α,β-unsaturated/α-hetero) is 1. The summed E-state index contributed by atoms with van der Waals surface area (Å²) in [4.78, 5) is 27.7. The molecule has 0 bridgehead atoms. The van der Waals surface area contributed by atoms with Crippen molar-refractivity contribution >= 4 is 46.3 Å². The molecule has 0 saturated carbocycles. The van der Waals surface area contributed by atoms with Crippen molar-refractivity contribution in [3.8, 4) is 11.5 Å². The molecule has 3 aromatic rings. The highest BCUT2D eigenvalue weighted by Crippen LogP contribution is 2.44. The zero-order valence-electron chi connectivity index (χ0n) is 17.7. The second-order valence-corrected chi connectivity index (χ2v) is 8.38. The normalized spacial score (nSPS) is 17.5. The van der Waals surface area contributed by atoms with E-state index in [4.69, 9.17) is 27.9 Å². The van der Waals surface area contributed by atoms with Gasteiger partial charge in [-0.25, -0.2) is 0 Å². The minimum atomic E-state index is -1.03. The highest BCUT2D eigenvalue weighted by atomic mass is 35.5. The fraction of sp³-hybridized carbons (Fsp3) is 0.120.